The smallest absolute Gasteiger partial charge is 0.303 e. The molecule has 0 saturated carbocycles. The van der Waals surface area contributed by atoms with Gasteiger partial charge >= 0.3 is 5.97 Å². The molecule has 0 aliphatic carbocycles. The van der Waals surface area contributed by atoms with E-state index < -0.39 is 16.0 Å². The Bertz CT molecular complexity index is 734. The third kappa shape index (κ3) is 6.09. The molecule has 1 aromatic carbocycles. The van der Waals surface area contributed by atoms with E-state index in [0.29, 0.717) is 30.8 Å². The molecule has 8 heteroatoms. The molecule has 1 aromatic rings. The van der Waals surface area contributed by atoms with E-state index in [-0.39, 0.29) is 23.4 Å². The van der Waals surface area contributed by atoms with Crippen LogP contribution in [0.25, 0.3) is 0 Å². The highest BCUT2D eigenvalue weighted by Gasteiger charge is 2.32. The number of likely N-dealkylation sites (tertiary alicyclic amines) is 1. The Morgan fingerprint density at radius 3 is 2.69 bits per heavy atom. The lowest BCUT2D eigenvalue weighted by atomic mass is 10.1. The van der Waals surface area contributed by atoms with Gasteiger partial charge in [0.25, 0.3) is 0 Å². The average molecular weight is 401 g/mol. The monoisotopic (exact) mass is 400 g/mol. The van der Waals surface area contributed by atoms with Crippen LogP contribution in [0.5, 0.6) is 0 Å². The van der Waals surface area contributed by atoms with Gasteiger partial charge in [0.1, 0.15) is 0 Å². The molecule has 0 bridgehead atoms. The Morgan fingerprint density at radius 1 is 1.38 bits per heavy atom. The molecule has 0 amide bonds. The Balaban J connectivity index is 1.94. The van der Waals surface area contributed by atoms with Crippen LogP contribution in [0.4, 0.5) is 0 Å². The van der Waals surface area contributed by atoms with Gasteiger partial charge in [0, 0.05) is 30.1 Å². The fourth-order valence-electron chi connectivity index (χ4n) is 3.11. The first-order valence-corrected chi connectivity index (χ1v) is 10.6. The lowest BCUT2D eigenvalue weighted by Crippen LogP contribution is -2.37. The van der Waals surface area contributed by atoms with Crippen molar-refractivity contribution in [2.24, 2.45) is 0 Å². The molecule has 0 aromatic heterocycles. The number of aliphatic carboxylic acids is 1. The van der Waals surface area contributed by atoms with Crippen LogP contribution >= 0.6 is 11.6 Å². The minimum absolute atomic E-state index is 0.155. The van der Waals surface area contributed by atoms with Crippen LogP contribution < -0.4 is 4.72 Å². The Labute approximate surface area is 159 Å². The molecule has 144 valence electrons. The van der Waals surface area contributed by atoms with Gasteiger partial charge in [-0.2, -0.15) is 0 Å². The van der Waals surface area contributed by atoms with Crippen LogP contribution in [0.1, 0.15) is 32.6 Å². The summed E-state index contributed by atoms with van der Waals surface area (Å²) in [5, 5.41) is 9.15. The van der Waals surface area contributed by atoms with Crippen molar-refractivity contribution in [2.45, 2.75) is 49.6 Å². The maximum absolute atomic E-state index is 12.5. The number of rotatable bonds is 9. The molecular formula is C18H25ClN2O4S. The number of sulfonamides is 1. The van der Waals surface area contributed by atoms with E-state index in [9.17, 15) is 13.2 Å². The number of halogens is 1. The molecule has 2 N–H and O–H groups in total. The van der Waals surface area contributed by atoms with Crippen molar-refractivity contribution in [1.82, 2.24) is 9.62 Å². The summed E-state index contributed by atoms with van der Waals surface area (Å²) in [4.78, 5) is 12.9. The van der Waals surface area contributed by atoms with Crippen molar-refractivity contribution >= 4 is 27.6 Å². The molecule has 26 heavy (non-hydrogen) atoms. The van der Waals surface area contributed by atoms with Crippen molar-refractivity contribution in [3.8, 4) is 0 Å². The van der Waals surface area contributed by atoms with Gasteiger partial charge in [-0.1, -0.05) is 30.7 Å². The standard InChI is InChI=1S/C18H25ClN2O4S/c1-2-21-13-15(12-16(21)6-4-3-5-7-18(22)23)20-26(24,25)17-10-8-14(19)9-11-17/h4,6,8-11,15-16,20H,2-3,5,7,12-13H2,1H3,(H,22,23)/t15-,16-/m1/s1. The highest BCUT2D eigenvalue weighted by molar-refractivity contribution is 7.89. The van der Waals surface area contributed by atoms with Gasteiger partial charge in [0.15, 0.2) is 0 Å². The van der Waals surface area contributed by atoms with Crippen LogP contribution in [-0.2, 0) is 14.8 Å². The number of carbonyl (C=O) groups is 1. The van der Waals surface area contributed by atoms with Gasteiger partial charge in [-0.3, -0.25) is 9.69 Å². The number of nitrogens with zero attached hydrogens (tertiary/aromatic N) is 1. The predicted octanol–water partition coefficient (Wildman–Crippen LogP) is 2.89. The molecule has 1 aliphatic heterocycles. The summed E-state index contributed by atoms with van der Waals surface area (Å²) in [6, 6.07) is 6.11. The summed E-state index contributed by atoms with van der Waals surface area (Å²) in [6.45, 7) is 3.51. The summed E-state index contributed by atoms with van der Waals surface area (Å²) >= 11 is 5.82. The number of carboxylic acids is 1. The van der Waals surface area contributed by atoms with E-state index in [1.54, 1.807) is 12.1 Å². The number of unbranched alkanes of at least 4 members (excludes halogenated alkanes) is 1. The minimum Gasteiger partial charge on any atom is -0.481 e. The SMILES string of the molecule is CCN1C[C@H](NS(=O)(=O)c2ccc(Cl)cc2)C[C@H]1C=CCCCC(=O)O. The van der Waals surface area contributed by atoms with Crippen LogP contribution in [0.3, 0.4) is 0 Å². The average Bonchev–Trinajstić information content (AvgIpc) is 2.95. The molecule has 0 spiro atoms. The Hall–Kier alpha value is -1.41. The molecule has 1 heterocycles. The van der Waals surface area contributed by atoms with Gasteiger partial charge in [0.05, 0.1) is 4.90 Å². The summed E-state index contributed by atoms with van der Waals surface area (Å²) in [5.74, 6) is -0.786. The lowest BCUT2D eigenvalue weighted by Gasteiger charge is -2.19. The third-order valence-electron chi connectivity index (χ3n) is 4.42. The first kappa shape index (κ1) is 20.9. The van der Waals surface area contributed by atoms with E-state index in [1.807, 2.05) is 13.0 Å². The normalized spacial score (nSPS) is 21.5. The van der Waals surface area contributed by atoms with Gasteiger partial charge in [0.2, 0.25) is 10.0 Å². The summed E-state index contributed by atoms with van der Waals surface area (Å²) in [6.07, 6.45) is 6.22. The van der Waals surface area contributed by atoms with Crippen molar-refractivity contribution in [1.29, 1.82) is 0 Å². The number of nitrogens with one attached hydrogen (secondary N) is 1. The molecule has 6 nitrogen and oxygen atoms in total. The van der Waals surface area contributed by atoms with E-state index >= 15 is 0 Å². The van der Waals surface area contributed by atoms with Crippen LogP contribution in [-0.4, -0.2) is 49.6 Å². The van der Waals surface area contributed by atoms with Crippen molar-refractivity contribution in [3.63, 3.8) is 0 Å². The quantitative estimate of drug-likeness (QED) is 0.491. The topological polar surface area (TPSA) is 86.7 Å². The summed E-state index contributed by atoms with van der Waals surface area (Å²) in [5.41, 5.74) is 0. The van der Waals surface area contributed by atoms with Crippen LogP contribution in [0.2, 0.25) is 5.02 Å². The molecule has 2 atom stereocenters. The molecule has 0 radical (unpaired) electrons. The van der Waals surface area contributed by atoms with Gasteiger partial charge in [-0.15, -0.1) is 0 Å². The maximum atomic E-state index is 12.5. The largest absolute Gasteiger partial charge is 0.481 e. The van der Waals surface area contributed by atoms with Gasteiger partial charge in [-0.25, -0.2) is 13.1 Å². The van der Waals surface area contributed by atoms with Gasteiger partial charge in [-0.05, 0) is 50.1 Å². The number of carboxylic acid groups (broad SMARTS) is 1. The highest BCUT2D eigenvalue weighted by Crippen LogP contribution is 2.22. The van der Waals surface area contributed by atoms with Crippen molar-refractivity contribution in [3.05, 3.63) is 41.4 Å². The second kappa shape index (κ2) is 9.50. The highest BCUT2D eigenvalue weighted by atomic mass is 35.5. The number of allylic oxidation sites excluding steroid dienone is 1. The van der Waals surface area contributed by atoms with E-state index in [2.05, 4.69) is 15.7 Å². The Morgan fingerprint density at radius 2 is 2.08 bits per heavy atom. The molecule has 1 aliphatic rings. The predicted molar refractivity (Wildman–Crippen MR) is 102 cm³/mol. The lowest BCUT2D eigenvalue weighted by molar-refractivity contribution is -0.137. The zero-order chi connectivity index (χ0) is 19.2. The van der Waals surface area contributed by atoms with E-state index in [1.165, 1.54) is 12.1 Å². The molecule has 0 unspecified atom stereocenters. The first-order valence-electron chi connectivity index (χ1n) is 8.72. The summed E-state index contributed by atoms with van der Waals surface area (Å²) in [7, 11) is -3.58. The number of hydrogen-bond acceptors (Lipinski definition) is 4. The molecule has 2 rings (SSSR count). The van der Waals surface area contributed by atoms with Crippen LogP contribution in [0.15, 0.2) is 41.3 Å². The van der Waals surface area contributed by atoms with Gasteiger partial charge < -0.3 is 5.11 Å². The zero-order valence-electron chi connectivity index (χ0n) is 14.8. The third-order valence-corrected chi connectivity index (χ3v) is 6.21. The second-order valence-electron chi connectivity index (χ2n) is 6.38. The zero-order valence-corrected chi connectivity index (χ0v) is 16.3. The second-order valence-corrected chi connectivity index (χ2v) is 8.53. The van der Waals surface area contributed by atoms with Crippen LogP contribution in [0, 0.1) is 0 Å². The van der Waals surface area contributed by atoms with E-state index in [0.717, 1.165) is 6.54 Å². The Kier molecular flexibility index (Phi) is 7.64. The summed E-state index contributed by atoms with van der Waals surface area (Å²) < 4.78 is 27.8. The number of hydrogen-bond donors (Lipinski definition) is 2. The van der Waals surface area contributed by atoms with Crippen molar-refractivity contribution in [2.75, 3.05) is 13.1 Å². The number of benzene rings is 1. The fraction of sp³-hybridized carbons (Fsp3) is 0.500. The first-order chi connectivity index (χ1) is 12.3. The maximum Gasteiger partial charge on any atom is 0.303 e. The molecule has 1 saturated heterocycles. The fourth-order valence-corrected chi connectivity index (χ4v) is 4.47. The minimum atomic E-state index is -3.58. The van der Waals surface area contributed by atoms with E-state index in [4.69, 9.17) is 16.7 Å². The molecule has 1 fully saturated rings. The molecular weight excluding hydrogens is 376 g/mol. The van der Waals surface area contributed by atoms with Crippen molar-refractivity contribution < 1.29 is 18.3 Å². The number of likely N-dealkylation sites (N-methyl/N-ethyl adjacent to an activating group) is 1.